The lowest BCUT2D eigenvalue weighted by atomic mass is 9.93. The number of esters is 1. The van der Waals surface area contributed by atoms with Gasteiger partial charge in [0.15, 0.2) is 0 Å². The van der Waals surface area contributed by atoms with Crippen LogP contribution in [-0.2, 0) is 15.1 Å². The number of rotatable bonds is 5. The summed E-state index contributed by atoms with van der Waals surface area (Å²) < 4.78 is 6.68. The van der Waals surface area contributed by atoms with Gasteiger partial charge in [0, 0.05) is 28.5 Å². The third kappa shape index (κ3) is 5.21. The lowest BCUT2D eigenvalue weighted by Gasteiger charge is -2.20. The number of amides is 2. The van der Waals surface area contributed by atoms with Gasteiger partial charge in [-0.1, -0.05) is 24.6 Å². The van der Waals surface area contributed by atoms with E-state index in [9.17, 15) is 19.2 Å². The third-order valence-corrected chi connectivity index (χ3v) is 7.26. The van der Waals surface area contributed by atoms with Crippen molar-refractivity contribution in [3.63, 3.8) is 0 Å². The summed E-state index contributed by atoms with van der Waals surface area (Å²) in [5.74, 6) is -1.17. The Morgan fingerprint density at radius 2 is 1.74 bits per heavy atom. The number of fused-ring (bicyclic) bond motifs is 4. The fourth-order valence-electron chi connectivity index (χ4n) is 4.98. The van der Waals surface area contributed by atoms with Crippen molar-refractivity contribution < 1.29 is 19.1 Å². The fraction of sp³-hybridized carbons (Fsp3) is 0.333. The van der Waals surface area contributed by atoms with Gasteiger partial charge in [0.1, 0.15) is 11.6 Å². The number of aromatic nitrogens is 1. The second-order valence-electron chi connectivity index (χ2n) is 11.1. The van der Waals surface area contributed by atoms with Crippen LogP contribution in [0.2, 0.25) is 5.02 Å². The van der Waals surface area contributed by atoms with Gasteiger partial charge < -0.3 is 19.9 Å². The lowest BCUT2D eigenvalue weighted by molar-refractivity contribution is -0.119. The summed E-state index contributed by atoms with van der Waals surface area (Å²) in [5.41, 5.74) is 1.85. The van der Waals surface area contributed by atoms with E-state index in [-0.39, 0.29) is 5.91 Å². The Morgan fingerprint density at radius 1 is 1.05 bits per heavy atom. The summed E-state index contributed by atoms with van der Waals surface area (Å²) in [6.45, 7) is 7.16. The SMILES string of the molecule is CCC(C(=O)Nc1ccc(C(=O)OC(C)(C)C)cc1)n1cc2c(cc1=O)-c1cc(Cl)ccc1C1(CC1)NC2=O. The molecule has 2 aliphatic rings. The van der Waals surface area contributed by atoms with E-state index in [0.29, 0.717) is 33.8 Å². The highest BCUT2D eigenvalue weighted by molar-refractivity contribution is 6.31. The van der Waals surface area contributed by atoms with Gasteiger partial charge in [-0.25, -0.2) is 4.79 Å². The van der Waals surface area contributed by atoms with E-state index in [1.165, 1.54) is 16.8 Å². The molecule has 1 aromatic heterocycles. The number of pyridine rings is 1. The first kappa shape index (κ1) is 26.7. The maximum Gasteiger partial charge on any atom is 0.338 e. The minimum atomic E-state index is -0.863. The van der Waals surface area contributed by atoms with Gasteiger partial charge in [-0.05, 0) is 87.6 Å². The topological polar surface area (TPSA) is 106 Å². The maximum absolute atomic E-state index is 13.3. The van der Waals surface area contributed by atoms with Crippen LogP contribution >= 0.6 is 11.6 Å². The Kier molecular flexibility index (Phi) is 6.63. The molecule has 1 saturated carbocycles. The van der Waals surface area contributed by atoms with Crippen molar-refractivity contribution >= 4 is 35.1 Å². The number of carbonyl (C=O) groups excluding carboxylic acids is 3. The maximum atomic E-state index is 13.3. The van der Waals surface area contributed by atoms with Crippen LogP contribution in [0.25, 0.3) is 11.1 Å². The van der Waals surface area contributed by atoms with E-state index in [2.05, 4.69) is 10.6 Å². The predicted octanol–water partition coefficient (Wildman–Crippen LogP) is 5.45. The number of halogens is 1. The monoisotopic (exact) mass is 547 g/mol. The molecule has 0 bridgehead atoms. The molecular weight excluding hydrogens is 518 g/mol. The largest absolute Gasteiger partial charge is 0.456 e. The molecule has 8 nitrogen and oxygen atoms in total. The third-order valence-electron chi connectivity index (χ3n) is 7.03. The predicted molar refractivity (Wildman–Crippen MR) is 149 cm³/mol. The second kappa shape index (κ2) is 9.68. The summed E-state index contributed by atoms with van der Waals surface area (Å²) in [6.07, 6.45) is 3.39. The van der Waals surface area contributed by atoms with Gasteiger partial charge in [-0.15, -0.1) is 0 Å². The number of benzene rings is 2. The molecular formula is C30H30ClN3O5. The highest BCUT2D eigenvalue weighted by atomic mass is 35.5. The van der Waals surface area contributed by atoms with Gasteiger partial charge in [0.05, 0.1) is 16.7 Å². The number of nitrogens with one attached hydrogen (secondary N) is 2. The molecule has 202 valence electrons. The second-order valence-corrected chi connectivity index (χ2v) is 11.5. The first-order valence-electron chi connectivity index (χ1n) is 12.9. The summed E-state index contributed by atoms with van der Waals surface area (Å²) in [5, 5.41) is 6.45. The molecule has 2 aromatic carbocycles. The zero-order valence-electron chi connectivity index (χ0n) is 22.3. The summed E-state index contributed by atoms with van der Waals surface area (Å²) in [4.78, 5) is 52.3. The van der Waals surface area contributed by atoms with E-state index in [1.54, 1.807) is 64.1 Å². The zero-order valence-corrected chi connectivity index (χ0v) is 23.0. The van der Waals surface area contributed by atoms with Crippen LogP contribution in [0.5, 0.6) is 0 Å². The van der Waals surface area contributed by atoms with Crippen LogP contribution in [0.4, 0.5) is 5.69 Å². The van der Waals surface area contributed by atoms with Gasteiger partial charge in [0.25, 0.3) is 11.5 Å². The van der Waals surface area contributed by atoms with Crippen molar-refractivity contribution in [1.29, 1.82) is 0 Å². The summed E-state index contributed by atoms with van der Waals surface area (Å²) in [7, 11) is 0. The fourth-order valence-corrected chi connectivity index (χ4v) is 5.16. The molecule has 1 unspecified atom stereocenters. The average Bonchev–Trinajstić information content (AvgIpc) is 3.65. The van der Waals surface area contributed by atoms with Crippen LogP contribution in [0.15, 0.2) is 59.5 Å². The molecule has 5 rings (SSSR count). The van der Waals surface area contributed by atoms with Crippen LogP contribution < -0.4 is 16.2 Å². The van der Waals surface area contributed by atoms with Crippen molar-refractivity contribution in [1.82, 2.24) is 9.88 Å². The normalized spacial score (nSPS) is 15.9. The van der Waals surface area contributed by atoms with E-state index in [0.717, 1.165) is 24.0 Å². The minimum absolute atomic E-state index is 0.295. The lowest BCUT2D eigenvalue weighted by Crippen LogP contribution is -2.36. The smallest absolute Gasteiger partial charge is 0.338 e. The van der Waals surface area contributed by atoms with Gasteiger partial charge >= 0.3 is 5.97 Å². The minimum Gasteiger partial charge on any atom is -0.456 e. The number of ether oxygens (including phenoxy) is 1. The Balaban J connectivity index is 1.44. The van der Waals surface area contributed by atoms with Crippen LogP contribution in [0.3, 0.4) is 0 Å². The highest BCUT2D eigenvalue weighted by Gasteiger charge is 2.49. The molecule has 9 heteroatoms. The molecule has 1 aliphatic carbocycles. The first-order chi connectivity index (χ1) is 18.4. The van der Waals surface area contributed by atoms with Crippen LogP contribution in [-0.4, -0.2) is 28.0 Å². The Bertz CT molecular complexity index is 1550. The Morgan fingerprint density at radius 3 is 2.36 bits per heavy atom. The van der Waals surface area contributed by atoms with Gasteiger partial charge in [0.2, 0.25) is 5.91 Å². The number of anilines is 1. The molecule has 39 heavy (non-hydrogen) atoms. The zero-order chi connectivity index (χ0) is 28.1. The van der Waals surface area contributed by atoms with Crippen molar-refractivity contribution in [2.24, 2.45) is 0 Å². The van der Waals surface area contributed by atoms with E-state index >= 15 is 0 Å². The Labute approximate surface area is 231 Å². The summed E-state index contributed by atoms with van der Waals surface area (Å²) in [6, 6.07) is 12.4. The molecule has 1 fully saturated rings. The van der Waals surface area contributed by atoms with E-state index in [4.69, 9.17) is 16.3 Å². The molecule has 2 amide bonds. The van der Waals surface area contributed by atoms with Gasteiger partial charge in [-0.3, -0.25) is 14.4 Å². The molecule has 1 atom stereocenters. The van der Waals surface area contributed by atoms with E-state index in [1.807, 2.05) is 6.07 Å². The van der Waals surface area contributed by atoms with Crippen LogP contribution in [0, 0.1) is 0 Å². The molecule has 2 heterocycles. The molecule has 0 radical (unpaired) electrons. The number of carbonyl (C=O) groups is 3. The van der Waals surface area contributed by atoms with Crippen molar-refractivity contribution in [3.05, 3.63) is 86.8 Å². The van der Waals surface area contributed by atoms with Crippen molar-refractivity contribution in [3.8, 4) is 11.1 Å². The van der Waals surface area contributed by atoms with Crippen LogP contribution in [0.1, 0.15) is 79.3 Å². The van der Waals surface area contributed by atoms with Crippen molar-refractivity contribution in [2.75, 3.05) is 5.32 Å². The van der Waals surface area contributed by atoms with Gasteiger partial charge in [-0.2, -0.15) is 0 Å². The number of nitrogens with zero attached hydrogens (tertiary/aromatic N) is 1. The number of hydrogen-bond donors (Lipinski definition) is 2. The molecule has 3 aromatic rings. The highest BCUT2D eigenvalue weighted by Crippen LogP contribution is 2.51. The van der Waals surface area contributed by atoms with Crippen molar-refractivity contribution in [2.45, 2.75) is 64.1 Å². The summed E-state index contributed by atoms with van der Waals surface area (Å²) >= 11 is 6.30. The molecule has 0 saturated heterocycles. The standard InChI is InChI=1S/C30H30ClN3O5/c1-5-24(27(37)32-19-9-6-17(7-10-19)28(38)39-29(2,3)4)34-16-22-20(15-25(34)35)21-14-18(31)8-11-23(21)30(12-13-30)33-26(22)36/h6-11,14-16,24H,5,12-13H2,1-4H3,(H,32,37)(H,33,36). The van der Waals surface area contributed by atoms with E-state index < -0.39 is 34.6 Å². The quantitative estimate of drug-likeness (QED) is 0.413. The molecule has 1 aliphatic heterocycles. The average molecular weight is 548 g/mol. The molecule has 2 N–H and O–H groups in total. The Hall–Kier alpha value is -3.91. The first-order valence-corrected chi connectivity index (χ1v) is 13.3. The molecule has 1 spiro atoms. The number of hydrogen-bond acceptors (Lipinski definition) is 5.